The quantitative estimate of drug-likeness (QED) is 0.553. The Morgan fingerprint density at radius 1 is 1.38 bits per heavy atom. The molecule has 5 nitrogen and oxygen atoms in total. The second-order valence-corrected chi connectivity index (χ2v) is 6.06. The summed E-state index contributed by atoms with van der Waals surface area (Å²) >= 11 is 2.17. The molecule has 1 heterocycles. The lowest BCUT2D eigenvalue weighted by Crippen LogP contribution is -2.22. The molecule has 0 aliphatic carbocycles. The molecule has 0 amide bonds. The van der Waals surface area contributed by atoms with Crippen molar-refractivity contribution < 1.29 is 9.53 Å². The standard InChI is InChI=1S/C15H18IN3O2/c1-18(2)8-9-19-14(13(21-3)10-17-19)15(20)11-6-4-5-7-12(11)16/h4-7,10H,8-9H2,1-3H3. The second-order valence-electron chi connectivity index (χ2n) is 4.90. The van der Waals surface area contributed by atoms with Gasteiger partial charge >= 0.3 is 0 Å². The number of likely N-dealkylation sites (N-methyl/N-ethyl adjacent to an activating group) is 1. The van der Waals surface area contributed by atoms with Gasteiger partial charge in [-0.1, -0.05) is 12.1 Å². The Labute approximate surface area is 138 Å². The van der Waals surface area contributed by atoms with E-state index in [1.54, 1.807) is 18.0 Å². The Bertz CT molecular complexity index is 638. The van der Waals surface area contributed by atoms with Crippen LogP contribution in [0, 0.1) is 3.57 Å². The number of carbonyl (C=O) groups excluding carboxylic acids is 1. The van der Waals surface area contributed by atoms with Crippen LogP contribution in [0.4, 0.5) is 0 Å². The second kappa shape index (κ2) is 7.04. The van der Waals surface area contributed by atoms with Gasteiger partial charge in [0.1, 0.15) is 0 Å². The smallest absolute Gasteiger partial charge is 0.215 e. The summed E-state index contributed by atoms with van der Waals surface area (Å²) in [6.07, 6.45) is 1.60. The Kier molecular flexibility index (Phi) is 5.35. The molecule has 0 saturated carbocycles. The van der Waals surface area contributed by atoms with E-state index >= 15 is 0 Å². The first-order valence-corrected chi connectivity index (χ1v) is 7.66. The summed E-state index contributed by atoms with van der Waals surface area (Å²) < 4.78 is 7.93. The van der Waals surface area contributed by atoms with Gasteiger partial charge in [-0.2, -0.15) is 5.10 Å². The summed E-state index contributed by atoms with van der Waals surface area (Å²) in [4.78, 5) is 14.9. The van der Waals surface area contributed by atoms with E-state index in [0.29, 0.717) is 23.6 Å². The van der Waals surface area contributed by atoms with Crippen LogP contribution < -0.4 is 4.74 Å². The zero-order chi connectivity index (χ0) is 15.4. The normalized spacial score (nSPS) is 10.9. The number of ketones is 1. The maximum atomic E-state index is 12.8. The molecular formula is C15H18IN3O2. The van der Waals surface area contributed by atoms with E-state index in [2.05, 4.69) is 32.6 Å². The molecule has 0 aliphatic heterocycles. The molecule has 2 aromatic rings. The number of carbonyl (C=O) groups is 1. The number of halogens is 1. The Balaban J connectivity index is 2.39. The minimum Gasteiger partial charge on any atom is -0.493 e. The van der Waals surface area contributed by atoms with Crippen molar-refractivity contribution >= 4 is 28.4 Å². The molecule has 2 rings (SSSR count). The van der Waals surface area contributed by atoms with Gasteiger partial charge in [0.2, 0.25) is 5.78 Å². The predicted octanol–water partition coefficient (Wildman–Crippen LogP) is 2.29. The molecule has 0 atom stereocenters. The van der Waals surface area contributed by atoms with Crippen molar-refractivity contribution in [3.63, 3.8) is 0 Å². The van der Waals surface area contributed by atoms with Crippen LogP contribution in [-0.2, 0) is 6.54 Å². The number of hydrogen-bond acceptors (Lipinski definition) is 4. The highest BCUT2D eigenvalue weighted by atomic mass is 127. The van der Waals surface area contributed by atoms with Crippen molar-refractivity contribution in [2.75, 3.05) is 27.7 Å². The molecule has 6 heteroatoms. The first-order valence-electron chi connectivity index (χ1n) is 6.58. The minimum absolute atomic E-state index is 0.0619. The van der Waals surface area contributed by atoms with Gasteiger partial charge < -0.3 is 9.64 Å². The molecule has 0 unspecified atom stereocenters. The van der Waals surface area contributed by atoms with Gasteiger partial charge in [-0.15, -0.1) is 0 Å². The molecule has 1 aromatic heterocycles. The van der Waals surface area contributed by atoms with Crippen LogP contribution in [0.3, 0.4) is 0 Å². The molecule has 1 aromatic carbocycles. The molecular weight excluding hydrogens is 381 g/mol. The first kappa shape index (κ1) is 16.0. The van der Waals surface area contributed by atoms with Gasteiger partial charge in [0.15, 0.2) is 11.4 Å². The molecule has 112 valence electrons. The van der Waals surface area contributed by atoms with Crippen molar-refractivity contribution in [2.45, 2.75) is 6.54 Å². The van der Waals surface area contributed by atoms with E-state index in [4.69, 9.17) is 4.74 Å². The number of hydrogen-bond donors (Lipinski definition) is 0. The minimum atomic E-state index is -0.0619. The highest BCUT2D eigenvalue weighted by Gasteiger charge is 2.22. The lowest BCUT2D eigenvalue weighted by Gasteiger charge is -2.12. The van der Waals surface area contributed by atoms with Gasteiger partial charge in [-0.05, 0) is 48.8 Å². The van der Waals surface area contributed by atoms with E-state index in [0.717, 1.165) is 10.1 Å². The zero-order valence-corrected chi connectivity index (χ0v) is 14.5. The molecule has 0 aliphatic rings. The summed E-state index contributed by atoms with van der Waals surface area (Å²) in [7, 11) is 5.53. The summed E-state index contributed by atoms with van der Waals surface area (Å²) in [5.41, 5.74) is 1.17. The van der Waals surface area contributed by atoms with Crippen LogP contribution in [0.2, 0.25) is 0 Å². The lowest BCUT2D eigenvalue weighted by atomic mass is 10.1. The fraction of sp³-hybridized carbons (Fsp3) is 0.333. The topological polar surface area (TPSA) is 47.4 Å². The van der Waals surface area contributed by atoms with Crippen LogP contribution in [0.15, 0.2) is 30.5 Å². The fourth-order valence-electron chi connectivity index (χ4n) is 1.98. The van der Waals surface area contributed by atoms with Crippen molar-refractivity contribution in [1.82, 2.24) is 14.7 Å². The van der Waals surface area contributed by atoms with E-state index in [-0.39, 0.29) is 5.78 Å². The average molecular weight is 399 g/mol. The fourth-order valence-corrected chi connectivity index (χ4v) is 2.62. The molecule has 0 fully saturated rings. The maximum absolute atomic E-state index is 12.8. The number of rotatable bonds is 6. The average Bonchev–Trinajstić information content (AvgIpc) is 2.87. The van der Waals surface area contributed by atoms with Crippen LogP contribution in [-0.4, -0.2) is 48.2 Å². The Hall–Kier alpha value is -1.41. The monoisotopic (exact) mass is 399 g/mol. The number of benzene rings is 1. The number of nitrogens with zero attached hydrogens (tertiary/aromatic N) is 3. The SMILES string of the molecule is COc1cnn(CCN(C)C)c1C(=O)c1ccccc1I. The number of ether oxygens (including phenoxy) is 1. The van der Waals surface area contributed by atoms with Crippen LogP contribution in [0.1, 0.15) is 16.1 Å². The summed E-state index contributed by atoms with van der Waals surface area (Å²) in [5, 5.41) is 4.28. The van der Waals surface area contributed by atoms with Crippen molar-refractivity contribution in [3.8, 4) is 5.75 Å². The molecule has 0 spiro atoms. The molecule has 0 radical (unpaired) electrons. The summed E-state index contributed by atoms with van der Waals surface area (Å²) in [6.45, 7) is 1.44. The highest BCUT2D eigenvalue weighted by Crippen LogP contribution is 2.23. The molecule has 0 N–H and O–H groups in total. The predicted molar refractivity (Wildman–Crippen MR) is 89.9 cm³/mol. The number of methoxy groups -OCH3 is 1. The lowest BCUT2D eigenvalue weighted by molar-refractivity contribution is 0.102. The van der Waals surface area contributed by atoms with Gasteiger partial charge in [-0.3, -0.25) is 9.48 Å². The third-order valence-corrected chi connectivity index (χ3v) is 4.06. The van der Waals surface area contributed by atoms with E-state index in [9.17, 15) is 4.79 Å². The Morgan fingerprint density at radius 3 is 2.71 bits per heavy atom. The van der Waals surface area contributed by atoms with Crippen LogP contribution >= 0.6 is 22.6 Å². The van der Waals surface area contributed by atoms with Crippen molar-refractivity contribution in [2.24, 2.45) is 0 Å². The third kappa shape index (κ3) is 3.62. The van der Waals surface area contributed by atoms with Gasteiger partial charge in [0, 0.05) is 15.7 Å². The zero-order valence-electron chi connectivity index (χ0n) is 12.3. The van der Waals surface area contributed by atoms with E-state index in [1.807, 2.05) is 38.4 Å². The van der Waals surface area contributed by atoms with Crippen LogP contribution in [0.5, 0.6) is 5.75 Å². The molecule has 21 heavy (non-hydrogen) atoms. The highest BCUT2D eigenvalue weighted by molar-refractivity contribution is 14.1. The molecule has 0 bridgehead atoms. The van der Waals surface area contributed by atoms with Gasteiger partial charge in [0.05, 0.1) is 19.9 Å². The first-order chi connectivity index (χ1) is 10.0. The Morgan fingerprint density at radius 2 is 2.10 bits per heavy atom. The maximum Gasteiger partial charge on any atom is 0.215 e. The number of aromatic nitrogens is 2. The van der Waals surface area contributed by atoms with E-state index < -0.39 is 0 Å². The van der Waals surface area contributed by atoms with Crippen LogP contribution in [0.25, 0.3) is 0 Å². The van der Waals surface area contributed by atoms with Gasteiger partial charge in [-0.25, -0.2) is 0 Å². The van der Waals surface area contributed by atoms with Crippen molar-refractivity contribution in [3.05, 3.63) is 45.3 Å². The molecule has 0 saturated heterocycles. The van der Waals surface area contributed by atoms with E-state index in [1.165, 1.54) is 0 Å². The third-order valence-electron chi connectivity index (χ3n) is 3.12. The van der Waals surface area contributed by atoms with Gasteiger partial charge in [0.25, 0.3) is 0 Å². The summed E-state index contributed by atoms with van der Waals surface area (Å²) in [5.74, 6) is 0.450. The largest absolute Gasteiger partial charge is 0.493 e. The summed E-state index contributed by atoms with van der Waals surface area (Å²) in [6, 6.07) is 7.52. The van der Waals surface area contributed by atoms with Crippen molar-refractivity contribution in [1.29, 1.82) is 0 Å².